The molecule has 5 heteroatoms. The van der Waals surface area contributed by atoms with E-state index in [0.29, 0.717) is 5.69 Å². The Morgan fingerprint density at radius 2 is 1.75 bits per heavy atom. The molecule has 88 valence electrons. The SMILES string of the molecule is CC(C)NC(=O)N(C)c1cc(O)cc(O)c1. The van der Waals surface area contributed by atoms with Crippen molar-refractivity contribution in [3.05, 3.63) is 18.2 Å². The highest BCUT2D eigenvalue weighted by molar-refractivity contribution is 5.92. The predicted molar refractivity (Wildman–Crippen MR) is 61.8 cm³/mol. The lowest BCUT2D eigenvalue weighted by molar-refractivity contribution is 0.245. The van der Waals surface area contributed by atoms with E-state index in [9.17, 15) is 15.0 Å². The summed E-state index contributed by atoms with van der Waals surface area (Å²) in [6.07, 6.45) is 0. The molecule has 1 rings (SSSR count). The number of hydrogen-bond donors (Lipinski definition) is 3. The maximum atomic E-state index is 11.6. The maximum absolute atomic E-state index is 11.6. The van der Waals surface area contributed by atoms with Gasteiger partial charge in [-0.05, 0) is 13.8 Å². The Balaban J connectivity index is 2.87. The number of benzene rings is 1. The van der Waals surface area contributed by atoms with Gasteiger partial charge < -0.3 is 15.5 Å². The van der Waals surface area contributed by atoms with Crippen molar-refractivity contribution >= 4 is 11.7 Å². The van der Waals surface area contributed by atoms with Crippen LogP contribution in [0.2, 0.25) is 0 Å². The highest BCUT2D eigenvalue weighted by Gasteiger charge is 2.12. The molecule has 16 heavy (non-hydrogen) atoms. The number of aromatic hydroxyl groups is 2. The van der Waals surface area contributed by atoms with Crippen molar-refractivity contribution in [2.45, 2.75) is 19.9 Å². The monoisotopic (exact) mass is 224 g/mol. The molecule has 0 heterocycles. The maximum Gasteiger partial charge on any atom is 0.321 e. The van der Waals surface area contributed by atoms with E-state index < -0.39 is 0 Å². The Morgan fingerprint density at radius 3 is 2.19 bits per heavy atom. The zero-order chi connectivity index (χ0) is 12.3. The quantitative estimate of drug-likeness (QED) is 0.715. The first-order valence-electron chi connectivity index (χ1n) is 4.97. The molecular formula is C11H16N2O3. The molecule has 0 saturated heterocycles. The minimum Gasteiger partial charge on any atom is -0.508 e. The Labute approximate surface area is 94.3 Å². The van der Waals surface area contributed by atoms with Crippen molar-refractivity contribution in [3.8, 4) is 11.5 Å². The molecule has 0 aliphatic carbocycles. The molecule has 5 nitrogen and oxygen atoms in total. The van der Waals surface area contributed by atoms with Gasteiger partial charge in [0.05, 0.1) is 5.69 Å². The normalized spacial score (nSPS) is 10.2. The molecule has 0 spiro atoms. The molecule has 3 N–H and O–H groups in total. The molecule has 0 aromatic heterocycles. The Morgan fingerprint density at radius 1 is 1.25 bits per heavy atom. The summed E-state index contributed by atoms with van der Waals surface area (Å²) in [4.78, 5) is 12.9. The van der Waals surface area contributed by atoms with E-state index in [4.69, 9.17) is 0 Å². The molecule has 2 amide bonds. The molecule has 1 aromatic carbocycles. The zero-order valence-corrected chi connectivity index (χ0v) is 9.56. The van der Waals surface area contributed by atoms with E-state index in [0.717, 1.165) is 0 Å². The molecule has 0 bridgehead atoms. The first-order valence-corrected chi connectivity index (χ1v) is 4.97. The number of carbonyl (C=O) groups excluding carboxylic acids is 1. The van der Waals surface area contributed by atoms with Crippen LogP contribution < -0.4 is 10.2 Å². The van der Waals surface area contributed by atoms with Gasteiger partial charge in [-0.15, -0.1) is 0 Å². The average molecular weight is 224 g/mol. The number of anilines is 1. The van der Waals surface area contributed by atoms with Gasteiger partial charge in [-0.25, -0.2) is 4.79 Å². The van der Waals surface area contributed by atoms with Gasteiger partial charge in [-0.3, -0.25) is 4.90 Å². The highest BCUT2D eigenvalue weighted by atomic mass is 16.3. The molecule has 0 aliphatic heterocycles. The van der Waals surface area contributed by atoms with Crippen LogP contribution >= 0.6 is 0 Å². The fourth-order valence-electron chi connectivity index (χ4n) is 1.23. The van der Waals surface area contributed by atoms with Gasteiger partial charge in [0.15, 0.2) is 0 Å². The Hall–Kier alpha value is -1.91. The minimum atomic E-state index is -0.292. The predicted octanol–water partition coefficient (Wildman–Crippen LogP) is 1.65. The van der Waals surface area contributed by atoms with Gasteiger partial charge in [-0.1, -0.05) is 0 Å². The first kappa shape index (κ1) is 12.2. The van der Waals surface area contributed by atoms with Gasteiger partial charge >= 0.3 is 6.03 Å². The van der Waals surface area contributed by atoms with Crippen LogP contribution in [-0.4, -0.2) is 29.3 Å². The van der Waals surface area contributed by atoms with Crippen LogP contribution in [0.25, 0.3) is 0 Å². The van der Waals surface area contributed by atoms with Gasteiger partial charge in [0.25, 0.3) is 0 Å². The smallest absolute Gasteiger partial charge is 0.321 e. The standard InChI is InChI=1S/C11H16N2O3/c1-7(2)12-11(16)13(3)8-4-9(14)6-10(15)5-8/h4-7,14-15H,1-3H3,(H,12,16). The van der Waals surface area contributed by atoms with Crippen LogP contribution in [0.3, 0.4) is 0 Å². The average Bonchev–Trinajstić information content (AvgIpc) is 2.13. The van der Waals surface area contributed by atoms with E-state index in [1.807, 2.05) is 13.8 Å². The summed E-state index contributed by atoms with van der Waals surface area (Å²) in [6.45, 7) is 3.71. The molecule has 0 unspecified atom stereocenters. The summed E-state index contributed by atoms with van der Waals surface area (Å²) >= 11 is 0. The second-order valence-electron chi connectivity index (χ2n) is 3.87. The van der Waals surface area contributed by atoms with Crippen LogP contribution in [-0.2, 0) is 0 Å². The summed E-state index contributed by atoms with van der Waals surface area (Å²) in [7, 11) is 1.56. The van der Waals surface area contributed by atoms with Crippen molar-refractivity contribution in [2.75, 3.05) is 11.9 Å². The molecule has 1 aromatic rings. The summed E-state index contributed by atoms with van der Waals surface area (Å²) in [6, 6.07) is 3.75. The van der Waals surface area contributed by atoms with E-state index in [2.05, 4.69) is 5.32 Å². The van der Waals surface area contributed by atoms with E-state index >= 15 is 0 Å². The van der Waals surface area contributed by atoms with E-state index in [1.54, 1.807) is 7.05 Å². The fraction of sp³-hybridized carbons (Fsp3) is 0.364. The molecule has 0 fully saturated rings. The number of carbonyl (C=O) groups is 1. The molecule has 0 aliphatic rings. The minimum absolute atomic E-state index is 0.0286. The van der Waals surface area contributed by atoms with Crippen molar-refractivity contribution in [1.82, 2.24) is 5.32 Å². The third-order valence-corrected chi connectivity index (χ3v) is 1.99. The second-order valence-corrected chi connectivity index (χ2v) is 3.87. The van der Waals surface area contributed by atoms with Crippen molar-refractivity contribution in [2.24, 2.45) is 0 Å². The highest BCUT2D eigenvalue weighted by Crippen LogP contribution is 2.26. The number of amides is 2. The number of nitrogens with one attached hydrogen (secondary N) is 1. The zero-order valence-electron chi connectivity index (χ0n) is 9.56. The topological polar surface area (TPSA) is 72.8 Å². The third-order valence-electron chi connectivity index (χ3n) is 1.99. The van der Waals surface area contributed by atoms with E-state index in [1.165, 1.54) is 23.1 Å². The Bertz CT molecular complexity index is 371. The first-order chi connectivity index (χ1) is 7.40. The summed E-state index contributed by atoms with van der Waals surface area (Å²) in [5.74, 6) is -0.168. The third kappa shape index (κ3) is 3.05. The van der Waals surface area contributed by atoms with Crippen molar-refractivity contribution < 1.29 is 15.0 Å². The summed E-state index contributed by atoms with van der Waals surface area (Å²) < 4.78 is 0. The number of urea groups is 1. The largest absolute Gasteiger partial charge is 0.508 e. The van der Waals surface area contributed by atoms with Crippen molar-refractivity contribution in [3.63, 3.8) is 0 Å². The lowest BCUT2D eigenvalue weighted by atomic mass is 10.2. The van der Waals surface area contributed by atoms with Crippen LogP contribution in [0.1, 0.15) is 13.8 Å². The van der Waals surface area contributed by atoms with Crippen LogP contribution in [0.4, 0.5) is 10.5 Å². The lowest BCUT2D eigenvalue weighted by Gasteiger charge is -2.20. The van der Waals surface area contributed by atoms with Crippen LogP contribution in [0, 0.1) is 0 Å². The molecular weight excluding hydrogens is 208 g/mol. The number of phenolic OH excluding ortho intramolecular Hbond substituents is 2. The number of hydrogen-bond acceptors (Lipinski definition) is 3. The fourth-order valence-corrected chi connectivity index (χ4v) is 1.23. The van der Waals surface area contributed by atoms with Gasteiger partial charge in [0, 0.05) is 31.3 Å². The van der Waals surface area contributed by atoms with Crippen LogP contribution in [0.5, 0.6) is 11.5 Å². The lowest BCUT2D eigenvalue weighted by Crippen LogP contribution is -2.40. The Kier molecular flexibility index (Phi) is 3.60. The summed E-state index contributed by atoms with van der Waals surface area (Å²) in [5.41, 5.74) is 0.427. The number of nitrogens with zero attached hydrogens (tertiary/aromatic N) is 1. The molecule has 0 saturated carbocycles. The second kappa shape index (κ2) is 4.74. The number of phenols is 2. The molecule has 0 atom stereocenters. The van der Waals surface area contributed by atoms with E-state index in [-0.39, 0.29) is 23.6 Å². The van der Waals surface area contributed by atoms with Gasteiger partial charge in [0.2, 0.25) is 0 Å². The molecule has 0 radical (unpaired) electrons. The number of rotatable bonds is 2. The summed E-state index contributed by atoms with van der Waals surface area (Å²) in [5, 5.41) is 21.3. The van der Waals surface area contributed by atoms with Crippen LogP contribution in [0.15, 0.2) is 18.2 Å². The van der Waals surface area contributed by atoms with Gasteiger partial charge in [-0.2, -0.15) is 0 Å². The van der Waals surface area contributed by atoms with Gasteiger partial charge in [0.1, 0.15) is 11.5 Å². The van der Waals surface area contributed by atoms with Crippen molar-refractivity contribution in [1.29, 1.82) is 0 Å².